The van der Waals surface area contributed by atoms with Gasteiger partial charge in [0.2, 0.25) is 11.8 Å². The molecule has 2 aromatic rings. The second kappa shape index (κ2) is 6.54. The molecule has 23 heavy (non-hydrogen) atoms. The van der Waals surface area contributed by atoms with Crippen molar-refractivity contribution in [3.8, 4) is 11.5 Å². The van der Waals surface area contributed by atoms with Gasteiger partial charge >= 0.3 is 0 Å². The fourth-order valence-electron chi connectivity index (χ4n) is 2.96. The van der Waals surface area contributed by atoms with E-state index < -0.39 is 0 Å². The van der Waals surface area contributed by atoms with Crippen LogP contribution >= 0.6 is 0 Å². The summed E-state index contributed by atoms with van der Waals surface area (Å²) in [6.07, 6.45) is 0.733. The number of rotatable bonds is 4. The van der Waals surface area contributed by atoms with Crippen molar-refractivity contribution in [1.82, 2.24) is 9.88 Å². The van der Waals surface area contributed by atoms with Crippen LogP contribution in [-0.4, -0.2) is 40.1 Å². The summed E-state index contributed by atoms with van der Waals surface area (Å²) >= 11 is 0. The highest BCUT2D eigenvalue weighted by Crippen LogP contribution is 2.24. The molecule has 1 aliphatic heterocycles. The normalized spacial score (nSPS) is 19.1. The molecule has 1 aromatic carbocycles. The van der Waals surface area contributed by atoms with Crippen LogP contribution in [-0.2, 0) is 11.2 Å². The van der Waals surface area contributed by atoms with Crippen LogP contribution in [0.2, 0.25) is 0 Å². The van der Waals surface area contributed by atoms with Gasteiger partial charge in [-0.05, 0) is 32.4 Å². The number of hydrogen-bond donors (Lipinski definition) is 1. The second-order valence-electron chi connectivity index (χ2n) is 6.19. The standard InChI is InChI=1S/C18H22N2O3/c1-12(21)15-8-9-20(11-15)17(22)10-16-13(2)23-18(19-16)14-6-4-3-5-7-14/h3-7,12,15,21H,8-11H2,1-2H3. The fraction of sp³-hybridized carbons (Fsp3) is 0.444. The van der Waals surface area contributed by atoms with Crippen LogP contribution in [0.15, 0.2) is 34.7 Å². The molecule has 5 nitrogen and oxygen atoms in total. The Morgan fingerprint density at radius 1 is 1.43 bits per heavy atom. The number of likely N-dealkylation sites (tertiary alicyclic amines) is 1. The SMILES string of the molecule is Cc1oc(-c2ccccc2)nc1CC(=O)N1CCC(C(C)O)C1. The van der Waals surface area contributed by atoms with Crippen molar-refractivity contribution in [3.63, 3.8) is 0 Å². The van der Waals surface area contributed by atoms with E-state index in [-0.39, 0.29) is 24.3 Å². The van der Waals surface area contributed by atoms with Gasteiger partial charge in [0, 0.05) is 24.6 Å². The van der Waals surface area contributed by atoms with Gasteiger partial charge in [0.1, 0.15) is 5.76 Å². The van der Waals surface area contributed by atoms with Crippen molar-refractivity contribution in [3.05, 3.63) is 41.8 Å². The summed E-state index contributed by atoms with van der Waals surface area (Å²) in [6.45, 7) is 4.95. The van der Waals surface area contributed by atoms with E-state index in [1.165, 1.54) is 0 Å². The zero-order chi connectivity index (χ0) is 16.4. The first-order valence-electron chi connectivity index (χ1n) is 8.02. The summed E-state index contributed by atoms with van der Waals surface area (Å²) in [4.78, 5) is 18.7. The van der Waals surface area contributed by atoms with Crippen LogP contribution in [0.3, 0.4) is 0 Å². The van der Waals surface area contributed by atoms with E-state index in [0.717, 1.165) is 12.0 Å². The molecule has 0 spiro atoms. The Morgan fingerprint density at radius 2 is 2.17 bits per heavy atom. The van der Waals surface area contributed by atoms with E-state index >= 15 is 0 Å². The lowest BCUT2D eigenvalue weighted by atomic mass is 10.0. The summed E-state index contributed by atoms with van der Waals surface area (Å²) in [7, 11) is 0. The Kier molecular flexibility index (Phi) is 4.48. The zero-order valence-corrected chi connectivity index (χ0v) is 13.5. The van der Waals surface area contributed by atoms with Gasteiger partial charge in [0.25, 0.3) is 0 Å². The van der Waals surface area contributed by atoms with Crippen molar-refractivity contribution in [2.24, 2.45) is 5.92 Å². The molecule has 0 radical (unpaired) electrons. The number of carbonyl (C=O) groups excluding carboxylic acids is 1. The molecule has 2 atom stereocenters. The van der Waals surface area contributed by atoms with Crippen LogP contribution in [0, 0.1) is 12.8 Å². The van der Waals surface area contributed by atoms with Gasteiger partial charge in [-0.2, -0.15) is 0 Å². The summed E-state index contributed by atoms with van der Waals surface area (Å²) in [5, 5.41) is 9.65. The molecule has 1 fully saturated rings. The molecule has 0 saturated carbocycles. The van der Waals surface area contributed by atoms with Gasteiger partial charge in [-0.1, -0.05) is 18.2 Å². The number of oxazole rings is 1. The summed E-state index contributed by atoms with van der Waals surface area (Å²) < 4.78 is 5.70. The highest BCUT2D eigenvalue weighted by atomic mass is 16.4. The molecule has 1 aliphatic rings. The minimum Gasteiger partial charge on any atom is -0.441 e. The number of hydrogen-bond acceptors (Lipinski definition) is 4. The highest BCUT2D eigenvalue weighted by Gasteiger charge is 2.29. The maximum Gasteiger partial charge on any atom is 0.228 e. The van der Waals surface area contributed by atoms with Crippen LogP contribution in [0.4, 0.5) is 0 Å². The van der Waals surface area contributed by atoms with E-state index in [1.54, 1.807) is 6.92 Å². The molecule has 1 amide bonds. The third-order valence-electron chi connectivity index (χ3n) is 4.49. The number of aryl methyl sites for hydroxylation is 1. The van der Waals surface area contributed by atoms with Gasteiger partial charge in [-0.25, -0.2) is 4.98 Å². The molecule has 3 rings (SSSR count). The maximum atomic E-state index is 12.4. The molecule has 1 saturated heterocycles. The highest BCUT2D eigenvalue weighted by molar-refractivity contribution is 5.79. The minimum atomic E-state index is -0.369. The van der Waals surface area contributed by atoms with E-state index in [9.17, 15) is 9.90 Å². The van der Waals surface area contributed by atoms with Crippen LogP contribution in [0.25, 0.3) is 11.5 Å². The van der Waals surface area contributed by atoms with Gasteiger partial charge < -0.3 is 14.4 Å². The topological polar surface area (TPSA) is 66.6 Å². The van der Waals surface area contributed by atoms with Crippen LogP contribution < -0.4 is 0 Å². The molecule has 5 heteroatoms. The Morgan fingerprint density at radius 3 is 2.83 bits per heavy atom. The van der Waals surface area contributed by atoms with Crippen LogP contribution in [0.1, 0.15) is 24.8 Å². The number of amides is 1. The Hall–Kier alpha value is -2.14. The molecular weight excluding hydrogens is 292 g/mol. The second-order valence-corrected chi connectivity index (χ2v) is 6.19. The number of carbonyl (C=O) groups is 1. The number of aromatic nitrogens is 1. The lowest BCUT2D eigenvalue weighted by Crippen LogP contribution is -2.31. The third-order valence-corrected chi connectivity index (χ3v) is 4.49. The minimum absolute atomic E-state index is 0.0455. The van der Waals surface area contributed by atoms with E-state index in [2.05, 4.69) is 4.98 Å². The largest absolute Gasteiger partial charge is 0.441 e. The summed E-state index contributed by atoms with van der Waals surface area (Å²) in [5.41, 5.74) is 1.60. The lowest BCUT2D eigenvalue weighted by Gasteiger charge is -2.17. The predicted octanol–water partition coefficient (Wildman–Crippen LogP) is 2.42. The molecule has 0 aliphatic carbocycles. The fourth-order valence-corrected chi connectivity index (χ4v) is 2.96. The van der Waals surface area contributed by atoms with Crippen LogP contribution in [0.5, 0.6) is 0 Å². The van der Waals surface area contributed by atoms with Crippen molar-refractivity contribution in [1.29, 1.82) is 0 Å². The van der Waals surface area contributed by atoms with Gasteiger partial charge in [0.15, 0.2) is 0 Å². The number of nitrogens with zero attached hydrogens (tertiary/aromatic N) is 2. The molecule has 1 N–H and O–H groups in total. The van der Waals surface area contributed by atoms with Crippen molar-refractivity contribution >= 4 is 5.91 Å². The zero-order valence-electron chi connectivity index (χ0n) is 13.5. The average Bonchev–Trinajstić information content (AvgIpc) is 3.16. The maximum absolute atomic E-state index is 12.4. The third kappa shape index (κ3) is 3.45. The van der Waals surface area contributed by atoms with Gasteiger partial charge in [-0.15, -0.1) is 0 Å². The van der Waals surface area contributed by atoms with Crippen molar-refractivity contribution in [2.45, 2.75) is 32.8 Å². The predicted molar refractivity (Wildman–Crippen MR) is 86.7 cm³/mol. The summed E-state index contributed by atoms with van der Waals surface area (Å²) in [5.74, 6) is 1.46. The summed E-state index contributed by atoms with van der Waals surface area (Å²) in [6, 6.07) is 9.67. The number of benzene rings is 1. The monoisotopic (exact) mass is 314 g/mol. The molecule has 2 heterocycles. The van der Waals surface area contributed by atoms with Gasteiger partial charge in [0.05, 0.1) is 18.2 Å². The van der Waals surface area contributed by atoms with E-state index in [0.29, 0.717) is 30.4 Å². The number of aliphatic hydroxyl groups excluding tert-OH is 1. The van der Waals surface area contributed by atoms with E-state index in [4.69, 9.17) is 4.42 Å². The Bertz CT molecular complexity index is 679. The van der Waals surface area contributed by atoms with E-state index in [1.807, 2.05) is 42.2 Å². The molecule has 0 bridgehead atoms. The van der Waals surface area contributed by atoms with Crippen molar-refractivity contribution < 1.29 is 14.3 Å². The molecule has 2 unspecified atom stereocenters. The van der Waals surface area contributed by atoms with Crippen molar-refractivity contribution in [2.75, 3.05) is 13.1 Å². The first-order chi connectivity index (χ1) is 11.0. The lowest BCUT2D eigenvalue weighted by molar-refractivity contribution is -0.129. The number of aliphatic hydroxyl groups is 1. The molecule has 1 aromatic heterocycles. The molecule has 122 valence electrons. The average molecular weight is 314 g/mol. The quantitative estimate of drug-likeness (QED) is 0.941. The Balaban J connectivity index is 1.69. The Labute approximate surface area is 135 Å². The first kappa shape index (κ1) is 15.7. The van der Waals surface area contributed by atoms with Gasteiger partial charge in [-0.3, -0.25) is 4.79 Å². The smallest absolute Gasteiger partial charge is 0.228 e. The molecular formula is C18H22N2O3. The first-order valence-corrected chi connectivity index (χ1v) is 8.02.